The van der Waals surface area contributed by atoms with Crippen LogP contribution < -0.4 is 0 Å². The molecule has 0 aliphatic heterocycles. The van der Waals surface area contributed by atoms with E-state index >= 15 is 0 Å². The lowest BCUT2D eigenvalue weighted by Crippen LogP contribution is -2.11. The SMILES string of the molecule is CCC(Br)c1cn(CCn2c([N+](=O)[O-])cnc2C)nn1. The predicted molar refractivity (Wildman–Crippen MR) is 75.6 cm³/mol. The molecule has 0 bridgehead atoms. The average Bonchev–Trinajstić information content (AvgIpc) is 3.02. The van der Waals surface area contributed by atoms with Crippen LogP contribution in [0.2, 0.25) is 0 Å². The molecule has 20 heavy (non-hydrogen) atoms. The van der Waals surface area contributed by atoms with Crippen molar-refractivity contribution in [2.45, 2.75) is 38.2 Å². The monoisotopic (exact) mass is 342 g/mol. The van der Waals surface area contributed by atoms with Crippen LogP contribution in [0.1, 0.15) is 29.7 Å². The molecule has 2 aromatic rings. The van der Waals surface area contributed by atoms with Gasteiger partial charge in [-0.1, -0.05) is 28.1 Å². The first kappa shape index (κ1) is 14.6. The van der Waals surface area contributed by atoms with Gasteiger partial charge in [-0.3, -0.25) is 0 Å². The highest BCUT2D eigenvalue weighted by Gasteiger charge is 2.17. The lowest BCUT2D eigenvalue weighted by atomic mass is 10.3. The highest BCUT2D eigenvalue weighted by Crippen LogP contribution is 2.23. The second-order valence-corrected chi connectivity index (χ2v) is 5.46. The molecular weight excluding hydrogens is 328 g/mol. The Morgan fingerprint density at radius 1 is 1.50 bits per heavy atom. The van der Waals surface area contributed by atoms with Gasteiger partial charge in [0.2, 0.25) is 0 Å². The van der Waals surface area contributed by atoms with E-state index in [4.69, 9.17) is 0 Å². The number of nitro groups is 1. The first-order valence-corrected chi connectivity index (χ1v) is 7.15. The summed E-state index contributed by atoms with van der Waals surface area (Å²) < 4.78 is 3.25. The third-order valence-electron chi connectivity index (χ3n) is 3.01. The molecule has 2 heterocycles. The van der Waals surface area contributed by atoms with Gasteiger partial charge in [-0.25, -0.2) is 14.2 Å². The van der Waals surface area contributed by atoms with Crippen LogP contribution in [0.4, 0.5) is 5.82 Å². The molecule has 108 valence electrons. The quantitative estimate of drug-likeness (QED) is 0.456. The molecule has 0 aliphatic rings. The van der Waals surface area contributed by atoms with Gasteiger partial charge >= 0.3 is 5.82 Å². The lowest BCUT2D eigenvalue weighted by Gasteiger charge is -2.03. The van der Waals surface area contributed by atoms with Crippen LogP contribution in [0.5, 0.6) is 0 Å². The second-order valence-electron chi connectivity index (χ2n) is 4.35. The Morgan fingerprint density at radius 3 is 2.90 bits per heavy atom. The van der Waals surface area contributed by atoms with Crippen molar-refractivity contribution in [3.05, 3.63) is 34.0 Å². The number of halogens is 1. The number of rotatable bonds is 6. The van der Waals surface area contributed by atoms with Crippen LogP contribution >= 0.6 is 15.9 Å². The first-order valence-electron chi connectivity index (χ1n) is 6.23. The van der Waals surface area contributed by atoms with E-state index < -0.39 is 4.92 Å². The van der Waals surface area contributed by atoms with E-state index in [2.05, 4.69) is 38.1 Å². The minimum Gasteiger partial charge on any atom is -0.358 e. The summed E-state index contributed by atoms with van der Waals surface area (Å²) in [6.45, 7) is 4.74. The predicted octanol–water partition coefficient (Wildman–Crippen LogP) is 2.24. The molecule has 0 aliphatic carbocycles. The second kappa shape index (κ2) is 6.12. The molecule has 2 aromatic heterocycles. The van der Waals surface area contributed by atoms with Crippen LogP contribution in [0.3, 0.4) is 0 Å². The van der Waals surface area contributed by atoms with Crippen molar-refractivity contribution in [2.24, 2.45) is 0 Å². The molecule has 0 saturated carbocycles. The molecule has 2 rings (SSSR count). The zero-order valence-electron chi connectivity index (χ0n) is 11.2. The first-order chi connectivity index (χ1) is 9.52. The fourth-order valence-corrected chi connectivity index (χ4v) is 2.07. The summed E-state index contributed by atoms with van der Waals surface area (Å²) in [6, 6.07) is 0. The van der Waals surface area contributed by atoms with E-state index in [0.29, 0.717) is 18.9 Å². The van der Waals surface area contributed by atoms with E-state index in [1.54, 1.807) is 16.2 Å². The molecule has 0 spiro atoms. The van der Waals surface area contributed by atoms with Crippen molar-refractivity contribution in [1.82, 2.24) is 24.5 Å². The van der Waals surface area contributed by atoms with Crippen molar-refractivity contribution in [1.29, 1.82) is 0 Å². The van der Waals surface area contributed by atoms with Crippen molar-refractivity contribution < 1.29 is 4.92 Å². The summed E-state index contributed by atoms with van der Waals surface area (Å²) in [7, 11) is 0. The number of aryl methyl sites for hydroxylation is 2. The molecule has 8 nitrogen and oxygen atoms in total. The van der Waals surface area contributed by atoms with Gasteiger partial charge < -0.3 is 10.1 Å². The molecule has 0 saturated heterocycles. The number of hydrogen-bond donors (Lipinski definition) is 0. The average molecular weight is 343 g/mol. The topological polar surface area (TPSA) is 91.7 Å². The molecule has 0 aromatic carbocycles. The maximum absolute atomic E-state index is 10.9. The number of nitrogens with zero attached hydrogens (tertiary/aromatic N) is 6. The Bertz CT molecular complexity index is 608. The van der Waals surface area contributed by atoms with Gasteiger partial charge in [0.25, 0.3) is 0 Å². The Balaban J connectivity index is 2.07. The number of alkyl halides is 1. The Kier molecular flexibility index (Phi) is 4.48. The largest absolute Gasteiger partial charge is 0.358 e. The molecular formula is C11H15BrN6O2. The van der Waals surface area contributed by atoms with Gasteiger partial charge in [-0.05, 0) is 11.3 Å². The summed E-state index contributed by atoms with van der Waals surface area (Å²) in [4.78, 5) is 14.6. The summed E-state index contributed by atoms with van der Waals surface area (Å²) in [6.07, 6.45) is 4.04. The van der Waals surface area contributed by atoms with Crippen molar-refractivity contribution in [2.75, 3.05) is 0 Å². The van der Waals surface area contributed by atoms with Crippen LogP contribution in [0.15, 0.2) is 12.4 Å². The Morgan fingerprint density at radius 2 is 2.25 bits per heavy atom. The summed E-state index contributed by atoms with van der Waals surface area (Å²) in [5.41, 5.74) is 0.865. The van der Waals surface area contributed by atoms with E-state index in [1.165, 1.54) is 6.20 Å². The third-order valence-corrected chi connectivity index (χ3v) is 4.13. The lowest BCUT2D eigenvalue weighted by molar-refractivity contribution is -0.392. The van der Waals surface area contributed by atoms with Crippen LogP contribution in [0.25, 0.3) is 0 Å². The van der Waals surface area contributed by atoms with Gasteiger partial charge in [0.05, 0.1) is 17.1 Å². The van der Waals surface area contributed by atoms with Crippen LogP contribution in [-0.4, -0.2) is 29.5 Å². The molecule has 0 fully saturated rings. The maximum Gasteiger partial charge on any atom is 0.342 e. The van der Waals surface area contributed by atoms with Gasteiger partial charge in [0.1, 0.15) is 12.7 Å². The summed E-state index contributed by atoms with van der Waals surface area (Å²) in [5, 5.41) is 19.0. The summed E-state index contributed by atoms with van der Waals surface area (Å²) in [5.74, 6) is 0.610. The normalized spacial score (nSPS) is 12.6. The van der Waals surface area contributed by atoms with Gasteiger partial charge in [-0.2, -0.15) is 0 Å². The van der Waals surface area contributed by atoms with Crippen molar-refractivity contribution >= 4 is 21.7 Å². The fourth-order valence-electron chi connectivity index (χ4n) is 1.86. The zero-order valence-corrected chi connectivity index (χ0v) is 12.8. The van der Waals surface area contributed by atoms with E-state index in [0.717, 1.165) is 12.1 Å². The van der Waals surface area contributed by atoms with Crippen LogP contribution in [-0.2, 0) is 13.1 Å². The molecule has 0 amide bonds. The van der Waals surface area contributed by atoms with E-state index in [9.17, 15) is 10.1 Å². The minimum absolute atomic E-state index is 0.00485. The van der Waals surface area contributed by atoms with E-state index in [-0.39, 0.29) is 10.6 Å². The number of hydrogen-bond acceptors (Lipinski definition) is 5. The number of aromatic nitrogens is 5. The third kappa shape index (κ3) is 3.03. The highest BCUT2D eigenvalue weighted by atomic mass is 79.9. The Hall–Kier alpha value is -1.77. The summed E-state index contributed by atoms with van der Waals surface area (Å²) >= 11 is 3.51. The molecule has 0 radical (unpaired) electrons. The van der Waals surface area contributed by atoms with Crippen molar-refractivity contribution in [3.8, 4) is 0 Å². The highest BCUT2D eigenvalue weighted by molar-refractivity contribution is 9.09. The zero-order chi connectivity index (χ0) is 14.7. The maximum atomic E-state index is 10.9. The van der Waals surface area contributed by atoms with E-state index in [1.807, 2.05) is 6.20 Å². The minimum atomic E-state index is -0.432. The van der Waals surface area contributed by atoms with Crippen molar-refractivity contribution in [3.63, 3.8) is 0 Å². The van der Waals surface area contributed by atoms with Gasteiger partial charge in [0.15, 0.2) is 5.82 Å². The fraction of sp³-hybridized carbons (Fsp3) is 0.545. The standard InChI is InChI=1S/C11H15BrN6O2/c1-3-9(12)10-7-16(15-14-10)4-5-17-8(2)13-6-11(17)18(19)20/h6-7,9H,3-5H2,1-2H3. The smallest absolute Gasteiger partial charge is 0.342 e. The molecule has 0 N–H and O–H groups in total. The molecule has 1 atom stereocenters. The molecule has 1 unspecified atom stereocenters. The van der Waals surface area contributed by atoms with Gasteiger partial charge in [0, 0.05) is 13.1 Å². The number of imidazole rings is 1. The Labute approximate surface area is 124 Å². The molecule has 9 heteroatoms. The van der Waals surface area contributed by atoms with Crippen LogP contribution in [0, 0.1) is 17.0 Å². The van der Waals surface area contributed by atoms with Gasteiger partial charge in [-0.15, -0.1) is 5.10 Å².